The summed E-state index contributed by atoms with van der Waals surface area (Å²) in [5, 5.41) is 3.30. The number of nitrogens with one attached hydrogen (secondary N) is 1. The fourth-order valence-corrected chi connectivity index (χ4v) is 4.08. The summed E-state index contributed by atoms with van der Waals surface area (Å²) < 4.78 is 19.3. The van der Waals surface area contributed by atoms with Crippen LogP contribution in [-0.2, 0) is 9.53 Å². The van der Waals surface area contributed by atoms with E-state index in [1.807, 2.05) is 30.3 Å². The molecule has 0 aliphatic carbocycles. The second kappa shape index (κ2) is 8.09. The molecule has 142 valence electrons. The van der Waals surface area contributed by atoms with Crippen LogP contribution in [0.5, 0.6) is 0 Å². The molecule has 3 heterocycles. The lowest BCUT2D eigenvalue weighted by Crippen LogP contribution is -2.52. The van der Waals surface area contributed by atoms with Gasteiger partial charge in [-0.05, 0) is 61.7 Å². The summed E-state index contributed by atoms with van der Waals surface area (Å²) in [6.45, 7) is 3.46. The number of carbonyl (C=O) groups excluding carboxylic acids is 1. The molecule has 2 aromatic carbocycles. The Labute approximate surface area is 159 Å². The highest BCUT2D eigenvalue weighted by atomic mass is 19.1. The van der Waals surface area contributed by atoms with Gasteiger partial charge < -0.3 is 10.1 Å². The number of carbonyl (C=O) groups is 1. The van der Waals surface area contributed by atoms with Gasteiger partial charge >= 0.3 is 5.97 Å². The smallest absolute Gasteiger partial charge is 0.315 e. The van der Waals surface area contributed by atoms with Crippen LogP contribution < -0.4 is 5.32 Å². The standard InChI is InChI=1S/C22H25FN2O2/c23-18-8-6-16(7-9-18)20(14-24-19-4-2-1-3-5-19)22(26)27-21-15-25-12-10-17(21)11-13-25/h1-9,17,20-21,24H,10-15H2. The van der Waals surface area contributed by atoms with Crippen molar-refractivity contribution in [2.24, 2.45) is 5.92 Å². The van der Waals surface area contributed by atoms with Crippen molar-refractivity contribution in [3.05, 3.63) is 66.0 Å². The molecule has 2 bridgehead atoms. The van der Waals surface area contributed by atoms with Gasteiger partial charge in [0, 0.05) is 18.8 Å². The van der Waals surface area contributed by atoms with Gasteiger partial charge in [-0.25, -0.2) is 4.39 Å². The van der Waals surface area contributed by atoms with Crippen LogP contribution in [0.2, 0.25) is 0 Å². The van der Waals surface area contributed by atoms with Gasteiger partial charge in [-0.15, -0.1) is 0 Å². The minimum Gasteiger partial charge on any atom is -0.460 e. The number of fused-ring (bicyclic) bond motifs is 3. The van der Waals surface area contributed by atoms with E-state index in [0.717, 1.165) is 43.7 Å². The average Bonchev–Trinajstić information content (AvgIpc) is 2.71. The third-order valence-electron chi connectivity index (χ3n) is 5.70. The number of rotatable bonds is 6. The van der Waals surface area contributed by atoms with E-state index in [2.05, 4.69) is 10.2 Å². The molecule has 5 rings (SSSR count). The number of piperidine rings is 3. The van der Waals surface area contributed by atoms with Gasteiger partial charge in [0.1, 0.15) is 11.9 Å². The molecule has 0 aromatic heterocycles. The van der Waals surface area contributed by atoms with Gasteiger partial charge in [0.15, 0.2) is 0 Å². The average molecular weight is 368 g/mol. The van der Waals surface area contributed by atoms with Crippen molar-refractivity contribution in [2.75, 3.05) is 31.5 Å². The molecule has 2 unspecified atom stereocenters. The Kier molecular flexibility index (Phi) is 5.39. The van der Waals surface area contributed by atoms with E-state index in [-0.39, 0.29) is 17.9 Å². The number of esters is 1. The number of anilines is 1. The Hall–Kier alpha value is -2.40. The Bertz CT molecular complexity index is 758. The van der Waals surface area contributed by atoms with Crippen LogP contribution in [0.25, 0.3) is 0 Å². The molecule has 4 nitrogen and oxygen atoms in total. The van der Waals surface area contributed by atoms with Crippen LogP contribution in [0.3, 0.4) is 0 Å². The van der Waals surface area contributed by atoms with Crippen molar-refractivity contribution in [1.82, 2.24) is 4.90 Å². The summed E-state index contributed by atoms with van der Waals surface area (Å²) in [5.41, 5.74) is 1.71. The van der Waals surface area contributed by atoms with Gasteiger partial charge in [0.25, 0.3) is 0 Å². The van der Waals surface area contributed by atoms with E-state index < -0.39 is 5.92 Å². The van der Waals surface area contributed by atoms with E-state index in [4.69, 9.17) is 4.74 Å². The maximum absolute atomic E-state index is 13.3. The number of nitrogens with zero attached hydrogens (tertiary/aromatic N) is 1. The minimum absolute atomic E-state index is 0.0281. The Balaban J connectivity index is 1.48. The summed E-state index contributed by atoms with van der Waals surface area (Å²) in [6, 6.07) is 15.9. The summed E-state index contributed by atoms with van der Waals surface area (Å²) in [5.74, 6) is -0.542. The molecule has 27 heavy (non-hydrogen) atoms. The van der Waals surface area contributed by atoms with E-state index in [1.54, 1.807) is 12.1 Å². The first-order valence-corrected chi connectivity index (χ1v) is 9.66. The highest BCUT2D eigenvalue weighted by Crippen LogP contribution is 2.31. The van der Waals surface area contributed by atoms with Crippen LogP contribution in [0.15, 0.2) is 54.6 Å². The maximum Gasteiger partial charge on any atom is 0.315 e. The van der Waals surface area contributed by atoms with Gasteiger partial charge in [-0.2, -0.15) is 0 Å². The zero-order valence-corrected chi connectivity index (χ0v) is 15.3. The summed E-state index contributed by atoms with van der Waals surface area (Å²) in [4.78, 5) is 15.4. The predicted octanol–water partition coefficient (Wildman–Crippen LogP) is 3.66. The third kappa shape index (κ3) is 4.30. The van der Waals surface area contributed by atoms with Crippen LogP contribution in [0.4, 0.5) is 10.1 Å². The first kappa shape index (κ1) is 18.0. The molecular weight excluding hydrogens is 343 g/mol. The molecule has 1 N–H and O–H groups in total. The quantitative estimate of drug-likeness (QED) is 0.790. The lowest BCUT2D eigenvalue weighted by molar-refractivity contribution is -0.160. The molecule has 2 aromatic rings. The van der Waals surface area contributed by atoms with Crippen molar-refractivity contribution < 1.29 is 13.9 Å². The van der Waals surface area contributed by atoms with E-state index in [9.17, 15) is 9.18 Å². The zero-order valence-electron chi connectivity index (χ0n) is 15.3. The van der Waals surface area contributed by atoms with Gasteiger partial charge in [-0.1, -0.05) is 30.3 Å². The van der Waals surface area contributed by atoms with Crippen molar-refractivity contribution in [3.8, 4) is 0 Å². The molecule has 3 fully saturated rings. The lowest BCUT2D eigenvalue weighted by atomic mass is 9.85. The van der Waals surface area contributed by atoms with Crippen LogP contribution in [0, 0.1) is 11.7 Å². The fraction of sp³-hybridized carbons (Fsp3) is 0.409. The van der Waals surface area contributed by atoms with E-state index in [0.29, 0.717) is 12.5 Å². The number of hydrogen-bond acceptors (Lipinski definition) is 4. The van der Waals surface area contributed by atoms with Gasteiger partial charge in [0.05, 0.1) is 5.92 Å². The summed E-state index contributed by atoms with van der Waals surface area (Å²) in [6.07, 6.45) is 2.17. The second-order valence-electron chi connectivity index (χ2n) is 7.46. The molecule has 3 saturated heterocycles. The first-order valence-electron chi connectivity index (χ1n) is 9.66. The molecule has 0 amide bonds. The van der Waals surface area contributed by atoms with Gasteiger partial charge in [-0.3, -0.25) is 9.69 Å². The number of para-hydroxylation sites is 1. The topological polar surface area (TPSA) is 41.6 Å². The molecule has 3 aliphatic heterocycles. The molecule has 0 spiro atoms. The highest BCUT2D eigenvalue weighted by Gasteiger charge is 2.37. The first-order chi connectivity index (χ1) is 13.2. The van der Waals surface area contributed by atoms with Gasteiger partial charge in [0.2, 0.25) is 0 Å². The largest absolute Gasteiger partial charge is 0.460 e. The zero-order chi connectivity index (χ0) is 18.6. The van der Waals surface area contributed by atoms with E-state index >= 15 is 0 Å². The molecule has 5 heteroatoms. The number of hydrogen-bond donors (Lipinski definition) is 1. The van der Waals surface area contributed by atoms with Crippen LogP contribution in [0.1, 0.15) is 24.3 Å². The predicted molar refractivity (Wildman–Crippen MR) is 103 cm³/mol. The summed E-state index contributed by atoms with van der Waals surface area (Å²) in [7, 11) is 0. The Morgan fingerprint density at radius 2 is 1.81 bits per heavy atom. The summed E-state index contributed by atoms with van der Waals surface area (Å²) >= 11 is 0. The highest BCUT2D eigenvalue weighted by molar-refractivity contribution is 5.79. The van der Waals surface area contributed by atoms with Crippen molar-refractivity contribution in [3.63, 3.8) is 0 Å². The Morgan fingerprint density at radius 3 is 2.44 bits per heavy atom. The van der Waals surface area contributed by atoms with Crippen molar-refractivity contribution in [1.29, 1.82) is 0 Å². The van der Waals surface area contributed by atoms with Crippen molar-refractivity contribution >= 4 is 11.7 Å². The number of benzene rings is 2. The number of halogens is 1. The van der Waals surface area contributed by atoms with E-state index in [1.165, 1.54) is 12.1 Å². The lowest BCUT2D eigenvalue weighted by Gasteiger charge is -2.44. The normalized spacial score (nSPS) is 25.0. The van der Waals surface area contributed by atoms with Crippen molar-refractivity contribution in [2.45, 2.75) is 24.9 Å². The fourth-order valence-electron chi connectivity index (χ4n) is 4.08. The molecule has 2 atom stereocenters. The van der Waals surface area contributed by atoms with Crippen LogP contribution in [-0.4, -0.2) is 43.2 Å². The van der Waals surface area contributed by atoms with Crippen LogP contribution >= 0.6 is 0 Å². The second-order valence-corrected chi connectivity index (χ2v) is 7.46. The molecule has 3 aliphatic rings. The maximum atomic E-state index is 13.3. The molecule has 0 saturated carbocycles. The molecular formula is C22H25FN2O2. The Morgan fingerprint density at radius 1 is 1.11 bits per heavy atom. The number of ether oxygens (including phenoxy) is 1. The molecule has 0 radical (unpaired) electrons. The monoisotopic (exact) mass is 368 g/mol. The minimum atomic E-state index is -0.471. The SMILES string of the molecule is O=C(OC1CN2CCC1CC2)C(CNc1ccccc1)c1ccc(F)cc1. The third-order valence-corrected chi connectivity index (χ3v) is 5.70.